The second-order valence-electron chi connectivity index (χ2n) is 3.66. The normalized spacial score (nSPS) is 17.9. The van der Waals surface area contributed by atoms with Gasteiger partial charge >= 0.3 is 0 Å². The lowest BCUT2D eigenvalue weighted by molar-refractivity contribution is -0.122. The molecule has 1 amide bonds. The van der Waals surface area contributed by atoms with Gasteiger partial charge < -0.3 is 15.2 Å². The van der Waals surface area contributed by atoms with Gasteiger partial charge in [0.05, 0.1) is 12.7 Å². The fourth-order valence-corrected chi connectivity index (χ4v) is 1.26. The van der Waals surface area contributed by atoms with E-state index in [-0.39, 0.29) is 12.0 Å². The van der Waals surface area contributed by atoms with Crippen LogP contribution in [-0.2, 0) is 9.53 Å². The van der Waals surface area contributed by atoms with Gasteiger partial charge in [-0.05, 0) is 25.7 Å². The van der Waals surface area contributed by atoms with Crippen LogP contribution in [0.25, 0.3) is 0 Å². The van der Waals surface area contributed by atoms with Gasteiger partial charge in [-0.1, -0.05) is 0 Å². The van der Waals surface area contributed by atoms with Gasteiger partial charge in [-0.25, -0.2) is 0 Å². The SMILES string of the molecule is CCOCCC(=O)NCC(O)C1CC1. The maximum Gasteiger partial charge on any atom is 0.222 e. The standard InChI is InChI=1S/C10H19NO3/c1-2-14-6-5-10(13)11-7-9(12)8-3-4-8/h8-9,12H,2-7H2,1H3,(H,11,13). The van der Waals surface area contributed by atoms with Crippen molar-refractivity contribution in [3.05, 3.63) is 0 Å². The van der Waals surface area contributed by atoms with E-state index in [4.69, 9.17) is 4.74 Å². The van der Waals surface area contributed by atoms with Crippen molar-refractivity contribution in [1.82, 2.24) is 5.32 Å². The van der Waals surface area contributed by atoms with Crippen molar-refractivity contribution in [2.75, 3.05) is 19.8 Å². The minimum Gasteiger partial charge on any atom is -0.391 e. The molecule has 0 heterocycles. The van der Waals surface area contributed by atoms with E-state index in [1.54, 1.807) is 0 Å². The average molecular weight is 201 g/mol. The summed E-state index contributed by atoms with van der Waals surface area (Å²) in [6.45, 7) is 3.38. The van der Waals surface area contributed by atoms with Crippen LogP contribution in [0, 0.1) is 5.92 Å². The first kappa shape index (κ1) is 11.5. The van der Waals surface area contributed by atoms with Gasteiger partial charge in [0, 0.05) is 19.6 Å². The van der Waals surface area contributed by atoms with E-state index in [0.29, 0.717) is 32.1 Å². The van der Waals surface area contributed by atoms with E-state index in [0.717, 1.165) is 12.8 Å². The topological polar surface area (TPSA) is 58.6 Å². The second-order valence-corrected chi connectivity index (χ2v) is 3.66. The first-order valence-electron chi connectivity index (χ1n) is 5.26. The van der Waals surface area contributed by atoms with Crippen LogP contribution in [0.2, 0.25) is 0 Å². The van der Waals surface area contributed by atoms with Gasteiger partial charge in [0.25, 0.3) is 0 Å². The summed E-state index contributed by atoms with van der Waals surface area (Å²) >= 11 is 0. The van der Waals surface area contributed by atoms with Gasteiger partial charge in [-0.15, -0.1) is 0 Å². The molecular weight excluding hydrogens is 182 g/mol. The zero-order chi connectivity index (χ0) is 10.4. The van der Waals surface area contributed by atoms with Crippen molar-refractivity contribution in [3.8, 4) is 0 Å². The monoisotopic (exact) mass is 201 g/mol. The largest absolute Gasteiger partial charge is 0.391 e. The lowest BCUT2D eigenvalue weighted by Crippen LogP contribution is -2.33. The van der Waals surface area contributed by atoms with E-state index in [1.165, 1.54) is 0 Å². The Kier molecular flexibility index (Phi) is 4.90. The van der Waals surface area contributed by atoms with Crippen molar-refractivity contribution in [1.29, 1.82) is 0 Å². The molecule has 14 heavy (non-hydrogen) atoms. The maximum absolute atomic E-state index is 11.2. The Morgan fingerprint density at radius 1 is 1.64 bits per heavy atom. The lowest BCUT2D eigenvalue weighted by Gasteiger charge is -2.10. The highest BCUT2D eigenvalue weighted by Crippen LogP contribution is 2.32. The number of amides is 1. The Morgan fingerprint density at radius 2 is 2.36 bits per heavy atom. The Labute approximate surface area is 84.6 Å². The number of hydrogen-bond acceptors (Lipinski definition) is 3. The van der Waals surface area contributed by atoms with Crippen molar-refractivity contribution in [2.45, 2.75) is 32.3 Å². The van der Waals surface area contributed by atoms with Crippen LogP contribution in [0.15, 0.2) is 0 Å². The highest BCUT2D eigenvalue weighted by atomic mass is 16.5. The third-order valence-electron chi connectivity index (χ3n) is 2.35. The number of ether oxygens (including phenoxy) is 1. The van der Waals surface area contributed by atoms with Crippen LogP contribution < -0.4 is 5.32 Å². The van der Waals surface area contributed by atoms with Crippen molar-refractivity contribution in [3.63, 3.8) is 0 Å². The van der Waals surface area contributed by atoms with Crippen LogP contribution in [0.3, 0.4) is 0 Å². The Hall–Kier alpha value is -0.610. The molecule has 1 aliphatic carbocycles. The molecule has 0 bridgehead atoms. The molecule has 0 saturated heterocycles. The summed E-state index contributed by atoms with van der Waals surface area (Å²) in [6, 6.07) is 0. The predicted molar refractivity (Wildman–Crippen MR) is 52.9 cm³/mol. The molecule has 1 fully saturated rings. The smallest absolute Gasteiger partial charge is 0.222 e. The summed E-state index contributed by atoms with van der Waals surface area (Å²) in [5.41, 5.74) is 0. The van der Waals surface area contributed by atoms with E-state index < -0.39 is 0 Å². The molecule has 1 rings (SSSR count). The average Bonchev–Trinajstić information content (AvgIpc) is 2.98. The summed E-state index contributed by atoms with van der Waals surface area (Å²) in [5, 5.41) is 12.2. The molecule has 0 aromatic rings. The summed E-state index contributed by atoms with van der Waals surface area (Å²) in [4.78, 5) is 11.2. The molecule has 0 aromatic heterocycles. The number of carbonyl (C=O) groups is 1. The van der Waals surface area contributed by atoms with Crippen LogP contribution >= 0.6 is 0 Å². The van der Waals surface area contributed by atoms with Gasteiger partial charge in [0.2, 0.25) is 5.91 Å². The number of rotatable bonds is 7. The van der Waals surface area contributed by atoms with E-state index in [1.807, 2.05) is 6.92 Å². The number of hydrogen-bond donors (Lipinski definition) is 2. The third kappa shape index (κ3) is 4.58. The Balaban J connectivity index is 1.96. The maximum atomic E-state index is 11.2. The van der Waals surface area contributed by atoms with Crippen molar-refractivity contribution >= 4 is 5.91 Å². The number of carbonyl (C=O) groups excluding carboxylic acids is 1. The molecule has 4 nitrogen and oxygen atoms in total. The Bertz CT molecular complexity index is 180. The van der Waals surface area contributed by atoms with Crippen LogP contribution in [0.4, 0.5) is 0 Å². The molecule has 2 N–H and O–H groups in total. The molecule has 1 atom stereocenters. The summed E-state index contributed by atoms with van der Waals surface area (Å²) in [5.74, 6) is 0.375. The molecule has 0 radical (unpaired) electrons. The molecule has 1 saturated carbocycles. The molecular formula is C10H19NO3. The van der Waals surface area contributed by atoms with Gasteiger partial charge in [0.1, 0.15) is 0 Å². The number of nitrogens with one attached hydrogen (secondary N) is 1. The summed E-state index contributed by atoms with van der Waals surface area (Å²) < 4.78 is 5.05. The van der Waals surface area contributed by atoms with Gasteiger partial charge in [-0.2, -0.15) is 0 Å². The van der Waals surface area contributed by atoms with E-state index in [9.17, 15) is 9.90 Å². The third-order valence-corrected chi connectivity index (χ3v) is 2.35. The minimum atomic E-state index is -0.356. The first-order chi connectivity index (χ1) is 6.74. The zero-order valence-electron chi connectivity index (χ0n) is 8.66. The number of aliphatic hydroxyl groups is 1. The quantitative estimate of drug-likeness (QED) is 0.582. The highest BCUT2D eigenvalue weighted by Gasteiger charge is 2.29. The van der Waals surface area contributed by atoms with Gasteiger partial charge in [-0.3, -0.25) is 4.79 Å². The fraction of sp³-hybridized carbons (Fsp3) is 0.900. The predicted octanol–water partition coefficient (Wildman–Crippen LogP) is 0.300. The van der Waals surface area contributed by atoms with Gasteiger partial charge in [0.15, 0.2) is 0 Å². The highest BCUT2D eigenvalue weighted by molar-refractivity contribution is 5.75. The first-order valence-corrected chi connectivity index (χ1v) is 5.26. The van der Waals surface area contributed by atoms with Crippen molar-refractivity contribution < 1.29 is 14.6 Å². The summed E-state index contributed by atoms with van der Waals surface area (Å²) in [6.07, 6.45) is 2.21. The second kappa shape index (κ2) is 5.98. The van der Waals surface area contributed by atoms with E-state index >= 15 is 0 Å². The zero-order valence-corrected chi connectivity index (χ0v) is 8.66. The minimum absolute atomic E-state index is 0.0434. The molecule has 1 aliphatic rings. The van der Waals surface area contributed by atoms with Crippen molar-refractivity contribution in [2.24, 2.45) is 5.92 Å². The van der Waals surface area contributed by atoms with Crippen LogP contribution in [0.5, 0.6) is 0 Å². The molecule has 82 valence electrons. The molecule has 0 spiro atoms. The summed E-state index contributed by atoms with van der Waals surface area (Å²) in [7, 11) is 0. The van der Waals surface area contributed by atoms with Crippen LogP contribution in [0.1, 0.15) is 26.2 Å². The molecule has 0 aromatic carbocycles. The number of aliphatic hydroxyl groups excluding tert-OH is 1. The fourth-order valence-electron chi connectivity index (χ4n) is 1.26. The molecule has 4 heteroatoms. The van der Waals surface area contributed by atoms with Crippen LogP contribution in [-0.4, -0.2) is 36.9 Å². The lowest BCUT2D eigenvalue weighted by atomic mass is 10.2. The Morgan fingerprint density at radius 3 is 2.93 bits per heavy atom. The molecule has 1 unspecified atom stereocenters. The molecule has 0 aliphatic heterocycles. The van der Waals surface area contributed by atoms with E-state index in [2.05, 4.69) is 5.32 Å².